The lowest BCUT2D eigenvalue weighted by molar-refractivity contribution is -0.139. The lowest BCUT2D eigenvalue weighted by Crippen LogP contribution is -2.31. The van der Waals surface area contributed by atoms with Gasteiger partial charge >= 0.3 is 6.18 Å². The number of nitrogens with zero attached hydrogens (tertiary/aromatic N) is 1. The summed E-state index contributed by atoms with van der Waals surface area (Å²) < 4.78 is 41.9. The molecule has 1 rings (SSSR count). The Balaban J connectivity index is 2.68. The van der Waals surface area contributed by atoms with Crippen LogP contribution in [0, 0.1) is 13.8 Å². The minimum atomic E-state index is -4.15. The van der Waals surface area contributed by atoms with Gasteiger partial charge in [0.1, 0.15) is 5.75 Å². The summed E-state index contributed by atoms with van der Waals surface area (Å²) in [6.45, 7) is 5.53. The molecule has 0 amide bonds. The summed E-state index contributed by atoms with van der Waals surface area (Å²) in [4.78, 5) is 4.23. The number of rotatable bonds is 5. The van der Waals surface area contributed by atoms with Gasteiger partial charge in [-0.05, 0) is 20.8 Å². The zero-order chi connectivity index (χ0) is 14.6. The van der Waals surface area contributed by atoms with Crippen molar-refractivity contribution in [2.75, 3.05) is 7.11 Å². The maximum atomic E-state index is 12.2. The number of ether oxygens (including phenoxy) is 1. The molecular formula is C13H19F3N2O. The van der Waals surface area contributed by atoms with E-state index in [1.54, 1.807) is 13.3 Å². The Labute approximate surface area is 111 Å². The van der Waals surface area contributed by atoms with Crippen molar-refractivity contribution in [3.8, 4) is 5.75 Å². The summed E-state index contributed by atoms with van der Waals surface area (Å²) >= 11 is 0. The Bertz CT molecular complexity index is 433. The maximum Gasteiger partial charge on any atom is 0.390 e. The fourth-order valence-corrected chi connectivity index (χ4v) is 1.94. The number of alkyl halides is 3. The van der Waals surface area contributed by atoms with Gasteiger partial charge in [-0.15, -0.1) is 0 Å². The third kappa shape index (κ3) is 4.70. The molecule has 0 aromatic carbocycles. The molecule has 1 atom stereocenters. The van der Waals surface area contributed by atoms with E-state index in [9.17, 15) is 13.2 Å². The van der Waals surface area contributed by atoms with E-state index < -0.39 is 18.6 Å². The van der Waals surface area contributed by atoms with Gasteiger partial charge < -0.3 is 10.1 Å². The van der Waals surface area contributed by atoms with Crippen molar-refractivity contribution in [3.05, 3.63) is 23.0 Å². The van der Waals surface area contributed by atoms with Gasteiger partial charge in [-0.3, -0.25) is 4.98 Å². The molecule has 0 aliphatic heterocycles. The van der Waals surface area contributed by atoms with Crippen LogP contribution in [0.3, 0.4) is 0 Å². The van der Waals surface area contributed by atoms with E-state index in [0.717, 1.165) is 16.9 Å². The zero-order valence-corrected chi connectivity index (χ0v) is 11.6. The van der Waals surface area contributed by atoms with Gasteiger partial charge in [0.05, 0.1) is 19.2 Å². The molecule has 1 aromatic heterocycles. The lowest BCUT2D eigenvalue weighted by atomic mass is 10.1. The predicted molar refractivity (Wildman–Crippen MR) is 67.2 cm³/mol. The minimum absolute atomic E-state index is 0.291. The van der Waals surface area contributed by atoms with Crippen molar-refractivity contribution in [2.24, 2.45) is 0 Å². The molecule has 0 bridgehead atoms. The molecule has 108 valence electrons. The quantitative estimate of drug-likeness (QED) is 0.897. The van der Waals surface area contributed by atoms with Gasteiger partial charge in [0.25, 0.3) is 0 Å². The first kappa shape index (κ1) is 15.8. The number of halogens is 3. The molecule has 0 saturated heterocycles. The third-order valence-electron chi connectivity index (χ3n) is 2.91. The van der Waals surface area contributed by atoms with Gasteiger partial charge in [0.15, 0.2) is 0 Å². The molecule has 19 heavy (non-hydrogen) atoms. The zero-order valence-electron chi connectivity index (χ0n) is 11.6. The van der Waals surface area contributed by atoms with E-state index in [1.807, 2.05) is 13.8 Å². The van der Waals surface area contributed by atoms with Crippen molar-refractivity contribution in [1.29, 1.82) is 0 Å². The van der Waals surface area contributed by atoms with Crippen LogP contribution < -0.4 is 10.1 Å². The van der Waals surface area contributed by atoms with Gasteiger partial charge in [-0.25, -0.2) is 0 Å². The monoisotopic (exact) mass is 276 g/mol. The minimum Gasteiger partial charge on any atom is -0.496 e. The van der Waals surface area contributed by atoms with Crippen LogP contribution >= 0.6 is 0 Å². The molecule has 6 heteroatoms. The molecule has 1 unspecified atom stereocenters. The van der Waals surface area contributed by atoms with Gasteiger partial charge in [0, 0.05) is 29.9 Å². The van der Waals surface area contributed by atoms with Crippen LogP contribution in [0.25, 0.3) is 0 Å². The number of aryl methyl sites for hydroxylation is 1. The van der Waals surface area contributed by atoms with E-state index in [-0.39, 0.29) is 0 Å². The van der Waals surface area contributed by atoms with Crippen LogP contribution in [-0.4, -0.2) is 24.3 Å². The van der Waals surface area contributed by atoms with Crippen molar-refractivity contribution >= 4 is 0 Å². The molecule has 1 N–H and O–H groups in total. The molecule has 3 nitrogen and oxygen atoms in total. The average Bonchev–Trinajstić information content (AvgIpc) is 2.26. The molecule has 0 aliphatic carbocycles. The predicted octanol–water partition coefficient (Wildman–Crippen LogP) is 3.14. The highest BCUT2D eigenvalue weighted by atomic mass is 19.4. The number of aromatic nitrogens is 1. The molecule has 0 saturated carbocycles. The van der Waals surface area contributed by atoms with Crippen molar-refractivity contribution in [3.63, 3.8) is 0 Å². The summed E-state index contributed by atoms with van der Waals surface area (Å²) in [5, 5.41) is 2.83. The molecule has 0 radical (unpaired) electrons. The van der Waals surface area contributed by atoms with Crippen molar-refractivity contribution < 1.29 is 17.9 Å². The Hall–Kier alpha value is -1.30. The lowest BCUT2D eigenvalue weighted by Gasteiger charge is -2.17. The molecule has 0 fully saturated rings. The SMILES string of the molecule is COc1c(C)cnc(CNC(C)CC(F)(F)F)c1C. The summed E-state index contributed by atoms with van der Waals surface area (Å²) in [6.07, 6.45) is -3.34. The van der Waals surface area contributed by atoms with E-state index in [2.05, 4.69) is 10.3 Å². The number of methoxy groups -OCH3 is 1. The molecular weight excluding hydrogens is 257 g/mol. The van der Waals surface area contributed by atoms with Crippen LogP contribution in [0.1, 0.15) is 30.2 Å². The Morgan fingerprint density at radius 3 is 2.53 bits per heavy atom. The smallest absolute Gasteiger partial charge is 0.390 e. The Morgan fingerprint density at radius 1 is 1.37 bits per heavy atom. The first-order chi connectivity index (χ1) is 8.74. The van der Waals surface area contributed by atoms with Gasteiger partial charge in [-0.1, -0.05) is 0 Å². The molecule has 0 aliphatic rings. The number of hydrogen-bond acceptors (Lipinski definition) is 3. The van der Waals surface area contributed by atoms with Crippen LogP contribution in [0.4, 0.5) is 13.2 Å². The van der Waals surface area contributed by atoms with E-state index in [4.69, 9.17) is 4.74 Å². The van der Waals surface area contributed by atoms with E-state index in [0.29, 0.717) is 12.2 Å². The van der Waals surface area contributed by atoms with Crippen LogP contribution in [0.5, 0.6) is 5.75 Å². The first-order valence-corrected chi connectivity index (χ1v) is 6.03. The van der Waals surface area contributed by atoms with Gasteiger partial charge in [-0.2, -0.15) is 13.2 Å². The third-order valence-corrected chi connectivity index (χ3v) is 2.91. The summed E-state index contributed by atoms with van der Waals surface area (Å²) in [6, 6.07) is -0.645. The van der Waals surface area contributed by atoms with Crippen molar-refractivity contribution in [1.82, 2.24) is 10.3 Å². The summed E-state index contributed by atoms with van der Waals surface area (Å²) in [5.41, 5.74) is 2.47. The summed E-state index contributed by atoms with van der Waals surface area (Å²) in [7, 11) is 1.57. The van der Waals surface area contributed by atoms with E-state index >= 15 is 0 Å². The number of pyridine rings is 1. The Kier molecular flexibility index (Phi) is 5.17. The Morgan fingerprint density at radius 2 is 2.00 bits per heavy atom. The second-order valence-electron chi connectivity index (χ2n) is 4.65. The number of hydrogen-bond donors (Lipinski definition) is 1. The largest absolute Gasteiger partial charge is 0.496 e. The standard InChI is InChI=1S/C13H19F3N2O/c1-8-6-18-11(10(3)12(8)19-4)7-17-9(2)5-13(14,15)16/h6,9,17H,5,7H2,1-4H3. The topological polar surface area (TPSA) is 34.1 Å². The second-order valence-corrected chi connectivity index (χ2v) is 4.65. The normalized spacial score (nSPS) is 13.4. The van der Waals surface area contributed by atoms with E-state index in [1.165, 1.54) is 6.92 Å². The highest BCUT2D eigenvalue weighted by Crippen LogP contribution is 2.24. The molecule has 1 heterocycles. The second kappa shape index (κ2) is 6.23. The van der Waals surface area contributed by atoms with Crippen molar-refractivity contribution in [2.45, 2.75) is 46.0 Å². The average molecular weight is 276 g/mol. The fourth-order valence-electron chi connectivity index (χ4n) is 1.94. The highest BCUT2D eigenvalue weighted by molar-refractivity contribution is 5.40. The van der Waals surface area contributed by atoms with Gasteiger partial charge in [0.2, 0.25) is 0 Å². The number of nitrogens with one attached hydrogen (secondary N) is 1. The molecule has 0 spiro atoms. The van der Waals surface area contributed by atoms with Crippen LogP contribution in [0.2, 0.25) is 0 Å². The highest BCUT2D eigenvalue weighted by Gasteiger charge is 2.29. The fraction of sp³-hybridized carbons (Fsp3) is 0.615. The van der Waals surface area contributed by atoms with Crippen LogP contribution in [-0.2, 0) is 6.54 Å². The summed E-state index contributed by atoms with van der Waals surface area (Å²) in [5.74, 6) is 0.732. The maximum absolute atomic E-state index is 12.2. The first-order valence-electron chi connectivity index (χ1n) is 6.03. The molecule has 1 aromatic rings. The van der Waals surface area contributed by atoms with Crippen LogP contribution in [0.15, 0.2) is 6.20 Å².